The van der Waals surface area contributed by atoms with Crippen LogP contribution in [0.15, 0.2) is 48.5 Å². The Balaban J connectivity index is 1.56. The highest BCUT2D eigenvalue weighted by Crippen LogP contribution is 2.35. The van der Waals surface area contributed by atoms with E-state index in [4.69, 9.17) is 9.47 Å². The lowest BCUT2D eigenvalue weighted by Crippen LogP contribution is -2.16. The van der Waals surface area contributed by atoms with Crippen LogP contribution in [0.4, 0.5) is 21.6 Å². The molecule has 2 heterocycles. The Kier molecular flexibility index (Phi) is 4.29. The summed E-state index contributed by atoms with van der Waals surface area (Å²) < 4.78 is 24.4. The average molecular weight is 366 g/mol. The van der Waals surface area contributed by atoms with Gasteiger partial charge in [-0.15, -0.1) is 0 Å². The lowest BCUT2D eigenvalue weighted by atomic mass is 10.2. The van der Waals surface area contributed by atoms with Crippen molar-refractivity contribution in [2.24, 2.45) is 0 Å². The van der Waals surface area contributed by atoms with Crippen molar-refractivity contribution < 1.29 is 18.7 Å². The molecule has 4 rings (SSSR count). The van der Waals surface area contributed by atoms with Gasteiger partial charge in [0.1, 0.15) is 23.2 Å². The van der Waals surface area contributed by atoms with E-state index in [-0.39, 0.29) is 18.2 Å². The molecule has 2 N–H and O–H groups in total. The van der Waals surface area contributed by atoms with Gasteiger partial charge >= 0.3 is 0 Å². The number of nitrogens with one attached hydrogen (secondary N) is 2. The van der Waals surface area contributed by atoms with Gasteiger partial charge in [0.15, 0.2) is 11.5 Å². The smallest absolute Gasteiger partial charge is 0.274 e. The molecule has 1 aliphatic rings. The van der Waals surface area contributed by atoms with Crippen LogP contribution >= 0.6 is 0 Å². The summed E-state index contributed by atoms with van der Waals surface area (Å²) in [5, 5.41) is 5.61. The first-order chi connectivity index (χ1) is 13.1. The van der Waals surface area contributed by atoms with Crippen molar-refractivity contribution in [2.75, 3.05) is 17.4 Å². The minimum absolute atomic E-state index is 0.0871. The molecule has 1 aromatic heterocycles. The van der Waals surface area contributed by atoms with Gasteiger partial charge in [0.25, 0.3) is 5.91 Å². The van der Waals surface area contributed by atoms with Crippen LogP contribution in [0.25, 0.3) is 0 Å². The highest BCUT2D eigenvalue weighted by molar-refractivity contribution is 6.03. The number of anilines is 3. The molecule has 7 nitrogen and oxygen atoms in total. The molecule has 136 valence electrons. The van der Waals surface area contributed by atoms with Gasteiger partial charge in [-0.05, 0) is 31.2 Å². The summed E-state index contributed by atoms with van der Waals surface area (Å²) in [5.74, 6) is 1.09. The minimum Gasteiger partial charge on any atom is -0.454 e. The van der Waals surface area contributed by atoms with E-state index in [1.54, 1.807) is 31.2 Å². The molecule has 0 radical (unpaired) electrons. The van der Waals surface area contributed by atoms with Crippen LogP contribution in [0.5, 0.6) is 11.5 Å². The Labute approximate surface area is 154 Å². The van der Waals surface area contributed by atoms with Crippen LogP contribution in [-0.2, 0) is 0 Å². The van der Waals surface area contributed by atoms with E-state index in [9.17, 15) is 9.18 Å². The summed E-state index contributed by atoms with van der Waals surface area (Å²) in [7, 11) is 0. The van der Waals surface area contributed by atoms with Gasteiger partial charge in [-0.25, -0.2) is 14.4 Å². The Bertz CT molecular complexity index is 1030. The number of hydrogen-bond donors (Lipinski definition) is 2. The molecule has 27 heavy (non-hydrogen) atoms. The lowest BCUT2D eigenvalue weighted by Gasteiger charge is -2.10. The van der Waals surface area contributed by atoms with Crippen LogP contribution in [0, 0.1) is 12.7 Å². The number of carbonyl (C=O) groups is 1. The quantitative estimate of drug-likeness (QED) is 0.733. The van der Waals surface area contributed by atoms with Crippen LogP contribution in [0.2, 0.25) is 0 Å². The van der Waals surface area contributed by atoms with Crippen LogP contribution < -0.4 is 20.1 Å². The zero-order valence-corrected chi connectivity index (χ0v) is 14.3. The van der Waals surface area contributed by atoms with E-state index in [0.29, 0.717) is 23.1 Å². The molecule has 0 fully saturated rings. The van der Waals surface area contributed by atoms with Gasteiger partial charge in [0.05, 0.1) is 5.69 Å². The van der Waals surface area contributed by atoms with Gasteiger partial charge in [-0.1, -0.05) is 12.1 Å². The highest BCUT2D eigenvalue weighted by Gasteiger charge is 2.15. The van der Waals surface area contributed by atoms with Crippen molar-refractivity contribution in [1.82, 2.24) is 9.97 Å². The fourth-order valence-electron chi connectivity index (χ4n) is 2.62. The largest absolute Gasteiger partial charge is 0.454 e. The Morgan fingerprint density at radius 2 is 1.89 bits per heavy atom. The van der Waals surface area contributed by atoms with Crippen molar-refractivity contribution in [3.8, 4) is 11.5 Å². The fraction of sp³-hybridized carbons (Fsp3) is 0.105. The number of aryl methyl sites for hydroxylation is 1. The number of hydrogen-bond acceptors (Lipinski definition) is 6. The predicted molar refractivity (Wildman–Crippen MR) is 97.0 cm³/mol. The maximum Gasteiger partial charge on any atom is 0.274 e. The monoisotopic (exact) mass is 366 g/mol. The summed E-state index contributed by atoms with van der Waals surface area (Å²) >= 11 is 0. The van der Waals surface area contributed by atoms with Crippen molar-refractivity contribution >= 4 is 23.1 Å². The number of ether oxygens (including phenoxy) is 2. The Morgan fingerprint density at radius 3 is 2.74 bits per heavy atom. The van der Waals surface area contributed by atoms with Crippen LogP contribution in [0.3, 0.4) is 0 Å². The van der Waals surface area contributed by atoms with E-state index < -0.39 is 11.7 Å². The molecule has 0 atom stereocenters. The molecular formula is C19H15FN4O3. The molecule has 0 spiro atoms. The van der Waals surface area contributed by atoms with Gasteiger partial charge in [0.2, 0.25) is 6.79 Å². The summed E-state index contributed by atoms with van der Waals surface area (Å²) in [4.78, 5) is 20.9. The zero-order chi connectivity index (χ0) is 18.8. The number of nitrogens with zero attached hydrogens (tertiary/aromatic N) is 2. The molecule has 0 unspecified atom stereocenters. The second-order valence-corrected chi connectivity index (χ2v) is 5.81. The maximum atomic E-state index is 13.7. The molecule has 8 heteroatoms. The number of carbonyl (C=O) groups excluding carboxylic acids is 1. The third-order valence-electron chi connectivity index (χ3n) is 3.84. The highest BCUT2D eigenvalue weighted by atomic mass is 19.1. The molecule has 2 aromatic carbocycles. The summed E-state index contributed by atoms with van der Waals surface area (Å²) in [5.41, 5.74) is 0.927. The van der Waals surface area contributed by atoms with Crippen molar-refractivity contribution in [2.45, 2.75) is 6.92 Å². The predicted octanol–water partition coefficient (Wildman–Crippen LogP) is 3.65. The molecule has 1 amide bonds. The van der Waals surface area contributed by atoms with Crippen LogP contribution in [-0.4, -0.2) is 22.7 Å². The standard InChI is InChI=1S/C19H15FN4O3/c1-11-21-15(19(25)24-14-5-3-2-4-13(14)20)9-18(22-11)23-12-6-7-16-17(8-12)27-10-26-16/h2-9H,10H2,1H3,(H,24,25)(H,21,22,23). The second-order valence-electron chi connectivity index (χ2n) is 5.81. The summed E-state index contributed by atoms with van der Waals surface area (Å²) in [6.07, 6.45) is 0. The number of aromatic nitrogens is 2. The molecule has 3 aromatic rings. The van der Waals surface area contributed by atoms with Gasteiger partial charge in [-0.3, -0.25) is 4.79 Å². The minimum atomic E-state index is -0.528. The van der Waals surface area contributed by atoms with Crippen molar-refractivity contribution in [1.29, 1.82) is 0 Å². The van der Waals surface area contributed by atoms with E-state index in [0.717, 1.165) is 5.69 Å². The molecular weight excluding hydrogens is 351 g/mol. The van der Waals surface area contributed by atoms with Gasteiger partial charge in [-0.2, -0.15) is 0 Å². The molecule has 0 aliphatic carbocycles. The third kappa shape index (κ3) is 3.64. The number of halogens is 1. The molecule has 0 saturated carbocycles. The number of fused-ring (bicyclic) bond motifs is 1. The first-order valence-electron chi connectivity index (χ1n) is 8.17. The third-order valence-corrected chi connectivity index (χ3v) is 3.84. The zero-order valence-electron chi connectivity index (χ0n) is 14.3. The first-order valence-corrected chi connectivity index (χ1v) is 8.17. The first kappa shape index (κ1) is 16.8. The Hall–Kier alpha value is -3.68. The number of amides is 1. The molecule has 0 bridgehead atoms. The summed E-state index contributed by atoms with van der Waals surface area (Å²) in [6.45, 7) is 1.86. The molecule has 0 saturated heterocycles. The van der Waals surface area contributed by atoms with E-state index in [1.807, 2.05) is 6.07 Å². The van der Waals surface area contributed by atoms with Gasteiger partial charge in [0, 0.05) is 17.8 Å². The lowest BCUT2D eigenvalue weighted by molar-refractivity contribution is 0.102. The normalized spacial score (nSPS) is 11.9. The summed E-state index contributed by atoms with van der Waals surface area (Å²) in [6, 6.07) is 12.8. The average Bonchev–Trinajstić information content (AvgIpc) is 3.11. The van der Waals surface area contributed by atoms with Crippen molar-refractivity contribution in [3.63, 3.8) is 0 Å². The van der Waals surface area contributed by atoms with E-state index in [1.165, 1.54) is 18.2 Å². The van der Waals surface area contributed by atoms with Crippen molar-refractivity contribution in [3.05, 3.63) is 65.9 Å². The Morgan fingerprint density at radius 1 is 1.07 bits per heavy atom. The van der Waals surface area contributed by atoms with E-state index >= 15 is 0 Å². The SMILES string of the molecule is Cc1nc(Nc2ccc3c(c2)OCO3)cc(C(=O)Nc2ccccc2F)n1. The van der Waals surface area contributed by atoms with Crippen LogP contribution in [0.1, 0.15) is 16.3 Å². The topological polar surface area (TPSA) is 85.4 Å². The van der Waals surface area contributed by atoms with Gasteiger partial charge < -0.3 is 20.1 Å². The van der Waals surface area contributed by atoms with E-state index in [2.05, 4.69) is 20.6 Å². The fourth-order valence-corrected chi connectivity index (χ4v) is 2.62. The number of para-hydroxylation sites is 1. The number of rotatable bonds is 4. The number of benzene rings is 2. The second kappa shape index (κ2) is 6.91. The maximum absolute atomic E-state index is 13.7. The molecule has 1 aliphatic heterocycles.